The highest BCUT2D eigenvalue weighted by molar-refractivity contribution is 7.17. The smallest absolute Gasteiger partial charge is 0.258 e. The Morgan fingerprint density at radius 3 is 2.79 bits per heavy atom. The van der Waals surface area contributed by atoms with Gasteiger partial charge in [0.25, 0.3) is 11.5 Å². The number of pyridine rings is 1. The van der Waals surface area contributed by atoms with Crippen LogP contribution in [0.1, 0.15) is 21.5 Å². The van der Waals surface area contributed by atoms with E-state index in [9.17, 15) is 9.59 Å². The maximum atomic E-state index is 12.6. The van der Waals surface area contributed by atoms with E-state index < -0.39 is 0 Å². The normalized spacial score (nSPS) is 11.2. The number of nitrogens with zero attached hydrogens (tertiary/aromatic N) is 1. The average molecular weight is 341 g/mol. The molecule has 5 nitrogen and oxygen atoms in total. The largest absolute Gasteiger partial charge is 0.328 e. The van der Waals surface area contributed by atoms with E-state index in [1.54, 1.807) is 6.07 Å². The summed E-state index contributed by atoms with van der Waals surface area (Å²) in [5.74, 6) is -0.220. The number of carbonyl (C=O) groups is 1. The van der Waals surface area contributed by atoms with Crippen LogP contribution >= 0.6 is 11.3 Å². The number of anilines is 1. The molecule has 0 saturated heterocycles. The second kappa shape index (κ2) is 6.59. The van der Waals surface area contributed by atoms with E-state index in [4.69, 9.17) is 0 Å². The van der Waals surface area contributed by atoms with Gasteiger partial charge in [-0.3, -0.25) is 9.59 Å². The molecule has 0 aliphatic rings. The molecule has 0 radical (unpaired) electrons. The first-order valence-electron chi connectivity index (χ1n) is 7.60. The number of carbonyl (C=O) groups excluding carboxylic acids is 1. The maximum absolute atomic E-state index is 12.6. The number of benzene rings is 1. The Hall–Kier alpha value is -2.44. The Bertz CT molecular complexity index is 956. The number of aryl methyl sites for hydroxylation is 1. The number of thiophene rings is 1. The lowest BCUT2D eigenvalue weighted by Gasteiger charge is -2.13. The highest BCUT2D eigenvalue weighted by atomic mass is 32.1. The van der Waals surface area contributed by atoms with Gasteiger partial charge in [-0.1, -0.05) is 12.1 Å². The predicted molar refractivity (Wildman–Crippen MR) is 99.0 cm³/mol. The minimum absolute atomic E-state index is 0.174. The third-order valence-corrected chi connectivity index (χ3v) is 4.73. The summed E-state index contributed by atoms with van der Waals surface area (Å²) in [4.78, 5) is 29.1. The highest BCUT2D eigenvalue weighted by Gasteiger charge is 2.14. The lowest BCUT2D eigenvalue weighted by molar-refractivity contribution is 0.102. The molecule has 0 unspecified atom stereocenters. The first-order valence-corrected chi connectivity index (χ1v) is 8.48. The van der Waals surface area contributed by atoms with Gasteiger partial charge >= 0.3 is 0 Å². The standard InChI is InChI=1S/C18H19N3O2S/c1-11-8-12(10-21(2)3)4-5-15(11)20-18(23)14-9-19-17(22)13-6-7-24-16(13)14/h4-9H,10H2,1-3H3,(H,19,22)(H,20,23). The fraction of sp³-hybridized carbons (Fsp3) is 0.222. The zero-order chi connectivity index (χ0) is 17.3. The van der Waals surface area contributed by atoms with Gasteiger partial charge in [-0.2, -0.15) is 0 Å². The molecular formula is C18H19N3O2S. The van der Waals surface area contributed by atoms with Crippen molar-refractivity contribution in [2.45, 2.75) is 13.5 Å². The lowest BCUT2D eigenvalue weighted by Crippen LogP contribution is -2.16. The van der Waals surface area contributed by atoms with Crippen LogP contribution < -0.4 is 10.9 Å². The van der Waals surface area contributed by atoms with Gasteiger partial charge in [-0.15, -0.1) is 11.3 Å². The number of aromatic nitrogens is 1. The molecule has 24 heavy (non-hydrogen) atoms. The van der Waals surface area contributed by atoms with Crippen LogP contribution in [0, 0.1) is 6.92 Å². The summed E-state index contributed by atoms with van der Waals surface area (Å²) in [5.41, 5.74) is 3.29. The Morgan fingerprint density at radius 2 is 2.08 bits per heavy atom. The number of aromatic amines is 1. The van der Waals surface area contributed by atoms with Gasteiger partial charge in [0.1, 0.15) is 0 Å². The van der Waals surface area contributed by atoms with Crippen molar-refractivity contribution in [2.24, 2.45) is 0 Å². The summed E-state index contributed by atoms with van der Waals surface area (Å²) >= 11 is 1.39. The van der Waals surface area contributed by atoms with Gasteiger partial charge in [-0.05, 0) is 49.7 Å². The molecule has 0 spiro atoms. The predicted octanol–water partition coefficient (Wildman–Crippen LogP) is 3.21. The van der Waals surface area contributed by atoms with E-state index in [1.807, 2.05) is 38.5 Å². The van der Waals surface area contributed by atoms with Crippen LogP contribution in [0.15, 0.2) is 40.6 Å². The van der Waals surface area contributed by atoms with Crippen molar-refractivity contribution in [3.05, 3.63) is 62.9 Å². The molecular weight excluding hydrogens is 322 g/mol. The van der Waals surface area contributed by atoms with Crippen LogP contribution in [0.5, 0.6) is 0 Å². The topological polar surface area (TPSA) is 65.2 Å². The number of fused-ring (bicyclic) bond motifs is 1. The summed E-state index contributed by atoms with van der Waals surface area (Å²) in [7, 11) is 4.04. The van der Waals surface area contributed by atoms with E-state index in [1.165, 1.54) is 23.1 Å². The number of hydrogen-bond donors (Lipinski definition) is 2. The molecule has 1 amide bonds. The molecule has 2 N–H and O–H groups in total. The highest BCUT2D eigenvalue weighted by Crippen LogP contribution is 2.23. The average Bonchev–Trinajstić information content (AvgIpc) is 3.00. The number of amides is 1. The van der Waals surface area contributed by atoms with Crippen molar-refractivity contribution in [1.29, 1.82) is 0 Å². The van der Waals surface area contributed by atoms with E-state index in [0.29, 0.717) is 15.6 Å². The number of rotatable bonds is 4. The Balaban J connectivity index is 1.88. The van der Waals surface area contributed by atoms with Crippen molar-refractivity contribution >= 4 is 33.0 Å². The van der Waals surface area contributed by atoms with Gasteiger partial charge < -0.3 is 15.2 Å². The Labute approximate surface area is 143 Å². The minimum Gasteiger partial charge on any atom is -0.328 e. The summed E-state index contributed by atoms with van der Waals surface area (Å²) in [6, 6.07) is 7.74. The van der Waals surface area contributed by atoms with E-state index >= 15 is 0 Å². The molecule has 1 aromatic carbocycles. The second-order valence-corrected chi connectivity index (χ2v) is 6.95. The molecule has 0 fully saturated rings. The van der Waals surface area contributed by atoms with Crippen molar-refractivity contribution in [3.8, 4) is 0 Å². The monoisotopic (exact) mass is 341 g/mol. The number of H-pyrrole nitrogens is 1. The van der Waals surface area contributed by atoms with Gasteiger partial charge in [0.15, 0.2) is 0 Å². The molecule has 3 rings (SSSR count). The lowest BCUT2D eigenvalue weighted by atomic mass is 10.1. The molecule has 2 heterocycles. The molecule has 0 aliphatic heterocycles. The quantitative estimate of drug-likeness (QED) is 0.766. The summed E-state index contributed by atoms with van der Waals surface area (Å²) in [5, 5.41) is 5.30. The fourth-order valence-corrected chi connectivity index (χ4v) is 3.57. The van der Waals surface area contributed by atoms with Crippen LogP contribution in [0.2, 0.25) is 0 Å². The number of hydrogen-bond acceptors (Lipinski definition) is 4. The van der Waals surface area contributed by atoms with Crippen LogP contribution in [0.25, 0.3) is 10.1 Å². The maximum Gasteiger partial charge on any atom is 0.258 e. The van der Waals surface area contributed by atoms with E-state index in [0.717, 1.165) is 17.8 Å². The van der Waals surface area contributed by atoms with Crippen molar-refractivity contribution in [2.75, 3.05) is 19.4 Å². The summed E-state index contributed by atoms with van der Waals surface area (Å²) in [6.07, 6.45) is 1.48. The minimum atomic E-state index is -0.220. The van der Waals surface area contributed by atoms with Crippen molar-refractivity contribution in [3.63, 3.8) is 0 Å². The van der Waals surface area contributed by atoms with Gasteiger partial charge in [0.05, 0.1) is 15.6 Å². The van der Waals surface area contributed by atoms with Crippen LogP contribution in [0.3, 0.4) is 0 Å². The van der Waals surface area contributed by atoms with Gasteiger partial charge in [0.2, 0.25) is 0 Å². The van der Waals surface area contributed by atoms with Gasteiger partial charge in [-0.25, -0.2) is 0 Å². The molecule has 0 saturated carbocycles. The number of nitrogens with one attached hydrogen (secondary N) is 2. The zero-order valence-corrected chi connectivity index (χ0v) is 14.7. The van der Waals surface area contributed by atoms with Crippen molar-refractivity contribution in [1.82, 2.24) is 9.88 Å². The molecule has 6 heteroatoms. The molecule has 0 aliphatic carbocycles. The zero-order valence-electron chi connectivity index (χ0n) is 13.8. The molecule has 3 aromatic rings. The van der Waals surface area contributed by atoms with E-state index in [2.05, 4.69) is 21.3 Å². The van der Waals surface area contributed by atoms with Crippen molar-refractivity contribution < 1.29 is 4.79 Å². The third-order valence-electron chi connectivity index (χ3n) is 3.78. The fourth-order valence-electron chi connectivity index (χ4n) is 2.67. The first-order chi connectivity index (χ1) is 11.5. The second-order valence-electron chi connectivity index (χ2n) is 6.04. The van der Waals surface area contributed by atoms with Crippen LogP contribution in [0.4, 0.5) is 5.69 Å². The summed E-state index contributed by atoms with van der Waals surface area (Å²) in [6.45, 7) is 2.83. The first kappa shape index (κ1) is 16.4. The Morgan fingerprint density at radius 1 is 1.29 bits per heavy atom. The molecule has 2 aromatic heterocycles. The van der Waals surface area contributed by atoms with Gasteiger partial charge in [0, 0.05) is 18.4 Å². The molecule has 0 bridgehead atoms. The Kier molecular flexibility index (Phi) is 4.51. The SMILES string of the molecule is Cc1cc(CN(C)C)ccc1NC(=O)c1c[nH]c(=O)c2ccsc12. The van der Waals surface area contributed by atoms with E-state index in [-0.39, 0.29) is 11.5 Å². The molecule has 0 atom stereocenters. The molecule has 124 valence electrons. The van der Waals surface area contributed by atoms with Crippen LogP contribution in [-0.2, 0) is 6.54 Å². The third kappa shape index (κ3) is 3.25. The summed E-state index contributed by atoms with van der Waals surface area (Å²) < 4.78 is 0.707. The van der Waals surface area contributed by atoms with Crippen LogP contribution in [-0.4, -0.2) is 29.9 Å².